The number of carbonyl (C=O) groups is 2. The lowest BCUT2D eigenvalue weighted by Crippen LogP contribution is -2.43. The lowest BCUT2D eigenvalue weighted by molar-refractivity contribution is -0.253. The van der Waals surface area contributed by atoms with E-state index in [-0.39, 0.29) is 37.6 Å². The molecule has 0 aromatic heterocycles. The maximum absolute atomic E-state index is 12.1. The second kappa shape index (κ2) is 16.0. The van der Waals surface area contributed by atoms with Crippen LogP contribution in [0.1, 0.15) is 79.6 Å². The van der Waals surface area contributed by atoms with Gasteiger partial charge in [0.25, 0.3) is 0 Å². The summed E-state index contributed by atoms with van der Waals surface area (Å²) in [5.74, 6) is -1.28. The number of hydrogen-bond donors (Lipinski definition) is 3. The number of aliphatic carboxylic acids is 1. The number of rotatable bonds is 14. The largest absolute Gasteiger partial charge is 0.481 e. The maximum Gasteiger partial charge on any atom is 0.303 e. The van der Waals surface area contributed by atoms with E-state index >= 15 is 0 Å². The summed E-state index contributed by atoms with van der Waals surface area (Å²) in [6.07, 6.45) is 6.70. The number of carboxylic acids is 1. The molecule has 3 atom stereocenters. The van der Waals surface area contributed by atoms with Crippen molar-refractivity contribution < 1.29 is 29.3 Å². The minimum Gasteiger partial charge on any atom is -0.481 e. The molecule has 8 nitrogen and oxygen atoms in total. The van der Waals surface area contributed by atoms with Gasteiger partial charge in [0.1, 0.15) is 0 Å². The fraction of sp³-hybridized carbons (Fsp3) is 0.405. The molecule has 0 unspecified atom stereocenters. The summed E-state index contributed by atoms with van der Waals surface area (Å²) < 4.78 is 13.2. The van der Waals surface area contributed by atoms with Crippen LogP contribution < -0.4 is 5.32 Å². The van der Waals surface area contributed by atoms with Crippen LogP contribution in [-0.4, -0.2) is 52.2 Å². The van der Waals surface area contributed by atoms with Crippen molar-refractivity contribution >= 4 is 11.9 Å². The third-order valence-corrected chi connectivity index (χ3v) is 8.81. The number of hydrogen-bond acceptors (Lipinski definition) is 6. The second-order valence-electron chi connectivity index (χ2n) is 12.0. The van der Waals surface area contributed by atoms with Crippen LogP contribution in [0.4, 0.5) is 0 Å². The Balaban J connectivity index is 1.33. The molecule has 0 spiro atoms. The van der Waals surface area contributed by atoms with Gasteiger partial charge in [0.05, 0.1) is 25.2 Å². The topological polar surface area (TPSA) is 108 Å². The van der Waals surface area contributed by atoms with Crippen LogP contribution in [0, 0.1) is 0 Å². The quantitative estimate of drug-likeness (QED) is 0.183. The highest BCUT2D eigenvalue weighted by Crippen LogP contribution is 2.39. The van der Waals surface area contributed by atoms with Gasteiger partial charge in [-0.1, -0.05) is 91.7 Å². The van der Waals surface area contributed by atoms with Gasteiger partial charge < -0.3 is 25.0 Å². The van der Waals surface area contributed by atoms with E-state index in [4.69, 9.17) is 14.6 Å². The van der Waals surface area contributed by atoms with Crippen molar-refractivity contribution in [3.8, 4) is 11.1 Å². The Morgan fingerprint density at radius 2 is 1.64 bits per heavy atom. The fourth-order valence-corrected chi connectivity index (χ4v) is 6.38. The van der Waals surface area contributed by atoms with Crippen LogP contribution in [-0.2, 0) is 32.2 Å². The van der Waals surface area contributed by atoms with E-state index in [1.807, 2.05) is 78.9 Å². The number of nitrogens with zero attached hydrogens (tertiary/aromatic N) is 1. The molecular formula is C37H44N2O6. The molecule has 8 heteroatoms. The molecule has 1 saturated carbocycles. The van der Waals surface area contributed by atoms with Crippen molar-refractivity contribution in [1.82, 2.24) is 10.2 Å². The zero-order valence-electron chi connectivity index (χ0n) is 25.8. The lowest BCUT2D eigenvalue weighted by atomic mass is 9.97. The van der Waals surface area contributed by atoms with E-state index in [2.05, 4.69) is 16.8 Å². The molecule has 45 heavy (non-hydrogen) atoms. The van der Waals surface area contributed by atoms with Gasteiger partial charge in [-0.2, -0.15) is 0 Å². The Kier molecular flexibility index (Phi) is 11.5. The highest BCUT2D eigenvalue weighted by Gasteiger charge is 2.34. The van der Waals surface area contributed by atoms with Gasteiger partial charge in [0, 0.05) is 44.1 Å². The zero-order valence-corrected chi connectivity index (χ0v) is 25.8. The van der Waals surface area contributed by atoms with Gasteiger partial charge in [0.2, 0.25) is 5.91 Å². The minimum absolute atomic E-state index is 0.00460. The lowest BCUT2D eigenvalue weighted by Gasteiger charge is -2.39. The summed E-state index contributed by atoms with van der Waals surface area (Å²) in [4.78, 5) is 25.5. The first-order valence-electron chi connectivity index (χ1n) is 16.0. The van der Waals surface area contributed by atoms with Crippen LogP contribution in [0.15, 0.2) is 85.5 Å². The monoisotopic (exact) mass is 612 g/mol. The first kappa shape index (κ1) is 32.6. The average molecular weight is 613 g/mol. The van der Waals surface area contributed by atoms with E-state index in [1.54, 1.807) is 0 Å². The Labute approximate surface area is 265 Å². The highest BCUT2D eigenvalue weighted by molar-refractivity contribution is 5.80. The highest BCUT2D eigenvalue weighted by atomic mass is 16.7. The van der Waals surface area contributed by atoms with Gasteiger partial charge in [-0.05, 0) is 40.7 Å². The normalized spacial score (nSPS) is 20.3. The molecule has 5 rings (SSSR count). The summed E-state index contributed by atoms with van der Waals surface area (Å²) in [6.45, 7) is 5.97. The summed E-state index contributed by atoms with van der Waals surface area (Å²) in [5.41, 5.74) is 5.79. The summed E-state index contributed by atoms with van der Waals surface area (Å²) >= 11 is 0. The number of nitrogens with one attached hydrogen (secondary N) is 1. The zero-order chi connectivity index (χ0) is 31.6. The molecule has 1 aliphatic carbocycles. The van der Waals surface area contributed by atoms with Crippen molar-refractivity contribution in [3.63, 3.8) is 0 Å². The first-order chi connectivity index (χ1) is 21.9. The molecular weight excluding hydrogens is 568 g/mol. The summed E-state index contributed by atoms with van der Waals surface area (Å²) in [7, 11) is 0. The fourth-order valence-electron chi connectivity index (χ4n) is 6.38. The SMILES string of the molecule is C=CCN(C[C@H]1C[C@@H](c2ccc(CO)cc2)O[C@@H](c2ccc(-c3ccccc3CNC(=O)CCC(=O)O)cc2)O1)C1CCCC1. The van der Waals surface area contributed by atoms with Crippen LogP contribution >= 0.6 is 0 Å². The van der Waals surface area contributed by atoms with Gasteiger partial charge >= 0.3 is 5.97 Å². The average Bonchev–Trinajstić information content (AvgIpc) is 3.62. The molecule has 0 radical (unpaired) electrons. The number of benzene rings is 3. The molecule has 2 aliphatic rings. The van der Waals surface area contributed by atoms with Gasteiger partial charge in [-0.3, -0.25) is 14.5 Å². The first-order valence-corrected chi connectivity index (χ1v) is 16.0. The minimum atomic E-state index is -0.989. The van der Waals surface area contributed by atoms with Crippen molar-refractivity contribution in [1.29, 1.82) is 0 Å². The number of ether oxygens (including phenoxy) is 2. The predicted octanol–water partition coefficient (Wildman–Crippen LogP) is 6.30. The Morgan fingerprint density at radius 1 is 0.933 bits per heavy atom. The van der Waals surface area contributed by atoms with E-state index in [0.717, 1.165) is 52.9 Å². The Bertz CT molecular complexity index is 1420. The van der Waals surface area contributed by atoms with Crippen molar-refractivity contribution in [2.45, 2.75) is 82.6 Å². The van der Waals surface area contributed by atoms with Crippen LogP contribution in [0.25, 0.3) is 11.1 Å². The molecule has 238 valence electrons. The molecule has 2 fully saturated rings. The number of amides is 1. The molecule has 3 aromatic rings. The molecule has 1 saturated heterocycles. The van der Waals surface area contributed by atoms with Crippen molar-refractivity contribution in [3.05, 3.63) is 108 Å². The Morgan fingerprint density at radius 3 is 2.33 bits per heavy atom. The number of carbonyl (C=O) groups excluding carboxylic acids is 1. The standard InChI is InChI=1S/C37H44N2O6/c1-2-21-39(31-8-4-5-9-31)24-32-22-34(28-13-11-26(25-40)12-14-28)45-37(44-32)29-17-15-27(16-18-29)33-10-6-3-7-30(33)23-38-35(41)19-20-36(42)43/h2-3,6-7,10-18,31-32,34,37,40H,1,4-5,8-9,19-25H2,(H,38,41)(H,42,43)/t32-,34+,37+/m1/s1. The van der Waals surface area contributed by atoms with Crippen molar-refractivity contribution in [2.24, 2.45) is 0 Å². The number of carboxylic acid groups (broad SMARTS) is 1. The molecule has 0 bridgehead atoms. The number of aliphatic hydroxyl groups is 1. The van der Waals surface area contributed by atoms with Crippen molar-refractivity contribution in [2.75, 3.05) is 13.1 Å². The second-order valence-corrected chi connectivity index (χ2v) is 12.0. The summed E-state index contributed by atoms with van der Waals surface area (Å²) in [5, 5.41) is 21.2. The van der Waals surface area contributed by atoms with E-state index in [1.165, 1.54) is 25.7 Å². The van der Waals surface area contributed by atoms with Crippen LogP contribution in [0.5, 0.6) is 0 Å². The Hall–Kier alpha value is -3.82. The molecule has 3 aromatic carbocycles. The van der Waals surface area contributed by atoms with Gasteiger partial charge in [0.15, 0.2) is 6.29 Å². The van der Waals surface area contributed by atoms with E-state index < -0.39 is 12.3 Å². The molecule has 1 amide bonds. The molecule has 1 heterocycles. The third-order valence-electron chi connectivity index (χ3n) is 8.81. The number of aliphatic hydroxyl groups excluding tert-OH is 1. The smallest absolute Gasteiger partial charge is 0.303 e. The third kappa shape index (κ3) is 8.89. The van der Waals surface area contributed by atoms with Gasteiger partial charge in [-0.25, -0.2) is 0 Å². The van der Waals surface area contributed by atoms with E-state index in [9.17, 15) is 14.7 Å². The maximum atomic E-state index is 12.1. The molecule has 1 aliphatic heterocycles. The summed E-state index contributed by atoms with van der Waals surface area (Å²) in [6, 6.07) is 24.5. The predicted molar refractivity (Wildman–Crippen MR) is 173 cm³/mol. The van der Waals surface area contributed by atoms with Crippen LogP contribution in [0.2, 0.25) is 0 Å². The van der Waals surface area contributed by atoms with Crippen LogP contribution in [0.3, 0.4) is 0 Å². The van der Waals surface area contributed by atoms with Gasteiger partial charge in [-0.15, -0.1) is 6.58 Å². The molecule has 3 N–H and O–H groups in total. The van der Waals surface area contributed by atoms with E-state index in [0.29, 0.717) is 12.6 Å².